The van der Waals surface area contributed by atoms with E-state index in [2.05, 4.69) is 39.4 Å². The van der Waals surface area contributed by atoms with Gasteiger partial charge in [-0.2, -0.15) is 0 Å². The monoisotopic (exact) mass is 397 g/mol. The maximum atomic E-state index is 13.8. The molecule has 0 atom stereocenters. The Hall–Kier alpha value is -2.28. The molecule has 1 aliphatic rings. The molecule has 0 unspecified atom stereocenters. The van der Waals surface area contributed by atoms with Crippen molar-refractivity contribution in [1.29, 1.82) is 0 Å². The third-order valence-electron chi connectivity index (χ3n) is 5.16. The highest BCUT2D eigenvalue weighted by molar-refractivity contribution is 7.20. The predicted octanol–water partition coefficient (Wildman–Crippen LogP) is 3.59. The summed E-state index contributed by atoms with van der Waals surface area (Å²) in [6.45, 7) is 6.54. The Balaban J connectivity index is 1.21. The van der Waals surface area contributed by atoms with Crippen LogP contribution in [0.5, 0.6) is 0 Å². The van der Waals surface area contributed by atoms with Gasteiger partial charge in [-0.05, 0) is 23.8 Å². The molecule has 1 aliphatic heterocycles. The number of hydrogen-bond donors (Lipinski definition) is 1. The summed E-state index contributed by atoms with van der Waals surface area (Å²) < 4.78 is 14.6. The fourth-order valence-electron chi connectivity index (χ4n) is 3.56. The van der Waals surface area contributed by atoms with Gasteiger partial charge in [-0.25, -0.2) is 4.39 Å². The lowest BCUT2D eigenvalue weighted by Crippen LogP contribution is -2.48. The lowest BCUT2D eigenvalue weighted by atomic mass is 10.2. The molecule has 28 heavy (non-hydrogen) atoms. The molecule has 0 saturated carbocycles. The molecule has 4 rings (SSSR count). The van der Waals surface area contributed by atoms with Gasteiger partial charge in [0, 0.05) is 55.9 Å². The summed E-state index contributed by atoms with van der Waals surface area (Å²) in [6.07, 6.45) is 0. The number of nitrogens with zero attached hydrogens (tertiary/aromatic N) is 2. The first-order valence-electron chi connectivity index (χ1n) is 9.64. The molecular formula is C22H24FN3OS. The van der Waals surface area contributed by atoms with E-state index < -0.39 is 0 Å². The third kappa shape index (κ3) is 4.58. The molecule has 0 bridgehead atoms. The average molecular weight is 398 g/mol. The minimum Gasteiger partial charge on any atom is -0.350 e. The Kier molecular flexibility index (Phi) is 6.00. The summed E-state index contributed by atoms with van der Waals surface area (Å²) >= 11 is 1.33. The van der Waals surface area contributed by atoms with Crippen LogP contribution in [0, 0.1) is 5.82 Å². The molecule has 3 aromatic rings. The number of piperazine rings is 1. The summed E-state index contributed by atoms with van der Waals surface area (Å²) in [4.78, 5) is 17.8. The largest absolute Gasteiger partial charge is 0.350 e. The summed E-state index contributed by atoms with van der Waals surface area (Å²) in [5.41, 5.74) is 1.35. The number of rotatable bonds is 6. The van der Waals surface area contributed by atoms with Gasteiger partial charge in [0.2, 0.25) is 0 Å². The van der Waals surface area contributed by atoms with Crippen molar-refractivity contribution in [2.45, 2.75) is 6.54 Å². The van der Waals surface area contributed by atoms with Gasteiger partial charge in [-0.1, -0.05) is 36.4 Å². The van der Waals surface area contributed by atoms with E-state index in [1.807, 2.05) is 12.1 Å². The second kappa shape index (κ2) is 8.82. The van der Waals surface area contributed by atoms with E-state index in [4.69, 9.17) is 0 Å². The Morgan fingerprint density at radius 1 is 1.00 bits per heavy atom. The number of carbonyl (C=O) groups excluding carboxylic acids is 1. The second-order valence-electron chi connectivity index (χ2n) is 7.12. The maximum Gasteiger partial charge on any atom is 0.261 e. The summed E-state index contributed by atoms with van der Waals surface area (Å²) in [7, 11) is 0. The number of hydrogen-bond acceptors (Lipinski definition) is 4. The first-order chi connectivity index (χ1) is 13.7. The van der Waals surface area contributed by atoms with E-state index in [0.717, 1.165) is 44.0 Å². The Morgan fingerprint density at radius 2 is 1.75 bits per heavy atom. The van der Waals surface area contributed by atoms with Crippen LogP contribution in [0.15, 0.2) is 54.6 Å². The SMILES string of the molecule is O=C(NCCN1CCN(Cc2ccccc2)CC1)c1cc2c(F)cccc2s1. The van der Waals surface area contributed by atoms with Crippen LogP contribution < -0.4 is 5.32 Å². The number of thiophene rings is 1. The number of fused-ring (bicyclic) bond motifs is 1. The number of carbonyl (C=O) groups is 1. The smallest absolute Gasteiger partial charge is 0.261 e. The highest BCUT2D eigenvalue weighted by Gasteiger charge is 2.17. The maximum absolute atomic E-state index is 13.8. The number of halogens is 1. The van der Waals surface area contributed by atoms with Crippen molar-refractivity contribution in [1.82, 2.24) is 15.1 Å². The van der Waals surface area contributed by atoms with Crippen molar-refractivity contribution in [3.63, 3.8) is 0 Å². The van der Waals surface area contributed by atoms with E-state index in [1.54, 1.807) is 12.1 Å². The van der Waals surface area contributed by atoms with Gasteiger partial charge in [0.05, 0.1) is 4.88 Å². The van der Waals surface area contributed by atoms with Crippen molar-refractivity contribution in [2.75, 3.05) is 39.3 Å². The Morgan fingerprint density at radius 3 is 2.50 bits per heavy atom. The molecule has 1 aromatic heterocycles. The predicted molar refractivity (Wildman–Crippen MR) is 112 cm³/mol. The van der Waals surface area contributed by atoms with E-state index in [0.29, 0.717) is 16.8 Å². The van der Waals surface area contributed by atoms with Crippen molar-refractivity contribution in [3.8, 4) is 0 Å². The molecular weight excluding hydrogens is 373 g/mol. The van der Waals surface area contributed by atoms with Crippen LogP contribution >= 0.6 is 11.3 Å². The van der Waals surface area contributed by atoms with E-state index in [-0.39, 0.29) is 11.7 Å². The summed E-state index contributed by atoms with van der Waals surface area (Å²) in [5.74, 6) is -0.399. The molecule has 4 nitrogen and oxygen atoms in total. The fraction of sp³-hybridized carbons (Fsp3) is 0.318. The number of nitrogens with one attached hydrogen (secondary N) is 1. The van der Waals surface area contributed by atoms with E-state index >= 15 is 0 Å². The van der Waals surface area contributed by atoms with Gasteiger partial charge < -0.3 is 5.32 Å². The van der Waals surface area contributed by atoms with Gasteiger partial charge in [-0.3, -0.25) is 14.6 Å². The van der Waals surface area contributed by atoms with Crippen molar-refractivity contribution < 1.29 is 9.18 Å². The van der Waals surface area contributed by atoms with Gasteiger partial charge in [0.25, 0.3) is 5.91 Å². The molecule has 1 N–H and O–H groups in total. The molecule has 2 aromatic carbocycles. The minimum atomic E-state index is -0.277. The third-order valence-corrected chi connectivity index (χ3v) is 6.26. The van der Waals surface area contributed by atoms with Gasteiger partial charge >= 0.3 is 0 Å². The first kappa shape index (κ1) is 19.1. The van der Waals surface area contributed by atoms with Crippen molar-refractivity contribution >= 4 is 27.3 Å². The van der Waals surface area contributed by atoms with Gasteiger partial charge in [0.15, 0.2) is 0 Å². The van der Waals surface area contributed by atoms with Crippen LogP contribution in [0.25, 0.3) is 10.1 Å². The van der Waals surface area contributed by atoms with Crippen LogP contribution in [0.3, 0.4) is 0 Å². The van der Waals surface area contributed by atoms with Crippen molar-refractivity contribution in [2.24, 2.45) is 0 Å². The van der Waals surface area contributed by atoms with E-state index in [1.165, 1.54) is 23.0 Å². The molecule has 1 fully saturated rings. The average Bonchev–Trinajstić information content (AvgIpc) is 3.16. The molecule has 0 aliphatic carbocycles. The van der Waals surface area contributed by atoms with Crippen LogP contribution in [-0.2, 0) is 6.54 Å². The van der Waals surface area contributed by atoms with Gasteiger partial charge in [-0.15, -0.1) is 11.3 Å². The molecule has 146 valence electrons. The quantitative estimate of drug-likeness (QED) is 0.691. The normalized spacial score (nSPS) is 15.8. The molecule has 6 heteroatoms. The molecule has 0 spiro atoms. The van der Waals surface area contributed by atoms with Crippen LogP contribution in [-0.4, -0.2) is 55.0 Å². The van der Waals surface area contributed by atoms with Gasteiger partial charge in [0.1, 0.15) is 5.82 Å². The lowest BCUT2D eigenvalue weighted by Gasteiger charge is -2.34. The standard InChI is InChI=1S/C22H24FN3OS/c23-19-7-4-8-20-18(19)15-21(28-20)22(27)24-9-10-25-11-13-26(14-12-25)16-17-5-2-1-3-6-17/h1-8,15H,9-14,16H2,(H,24,27). The first-order valence-corrected chi connectivity index (χ1v) is 10.5. The summed E-state index contributed by atoms with van der Waals surface area (Å²) in [5, 5.41) is 3.49. The van der Waals surface area contributed by atoms with Crippen molar-refractivity contribution in [3.05, 3.63) is 70.9 Å². The molecule has 2 heterocycles. The van der Waals surface area contributed by atoms with Crippen LogP contribution in [0.1, 0.15) is 15.2 Å². The highest BCUT2D eigenvalue weighted by Crippen LogP contribution is 2.27. The molecule has 0 radical (unpaired) electrons. The Bertz CT molecular complexity index is 935. The van der Waals surface area contributed by atoms with Crippen LogP contribution in [0.4, 0.5) is 4.39 Å². The zero-order valence-electron chi connectivity index (χ0n) is 15.7. The molecule has 1 saturated heterocycles. The summed E-state index contributed by atoms with van der Waals surface area (Å²) in [6, 6.07) is 17.1. The Labute approximate surface area is 168 Å². The minimum absolute atomic E-state index is 0.122. The topological polar surface area (TPSA) is 35.6 Å². The van der Waals surface area contributed by atoms with Crippen LogP contribution in [0.2, 0.25) is 0 Å². The zero-order chi connectivity index (χ0) is 19.3. The van der Waals surface area contributed by atoms with E-state index in [9.17, 15) is 9.18 Å². The lowest BCUT2D eigenvalue weighted by molar-refractivity contribution is 0.0938. The highest BCUT2D eigenvalue weighted by atomic mass is 32.1. The second-order valence-corrected chi connectivity index (χ2v) is 8.21. The molecule has 1 amide bonds. The fourth-order valence-corrected chi connectivity index (χ4v) is 4.56. The number of amides is 1. The zero-order valence-corrected chi connectivity index (χ0v) is 16.6. The number of benzene rings is 2.